The van der Waals surface area contributed by atoms with Gasteiger partial charge in [0, 0.05) is 12.6 Å². The van der Waals surface area contributed by atoms with Gasteiger partial charge in [0.25, 0.3) is 0 Å². The zero-order chi connectivity index (χ0) is 12.3. The highest BCUT2D eigenvalue weighted by atomic mass is 35.5. The lowest BCUT2D eigenvalue weighted by Crippen LogP contribution is -2.28. The molecule has 1 aromatic rings. The Morgan fingerprint density at radius 2 is 2.35 bits per heavy atom. The molecule has 0 amide bonds. The molecular formula is C13H17ClFNO. The summed E-state index contributed by atoms with van der Waals surface area (Å²) >= 11 is 5.73. The van der Waals surface area contributed by atoms with Crippen LogP contribution in [0, 0.1) is 5.82 Å². The Morgan fingerprint density at radius 3 is 3.06 bits per heavy atom. The number of hydrogen-bond donors (Lipinski definition) is 1. The molecule has 4 heteroatoms. The molecule has 1 aliphatic heterocycles. The minimum Gasteiger partial charge on any atom is -0.378 e. The van der Waals surface area contributed by atoms with Crippen molar-refractivity contribution in [3.8, 4) is 0 Å². The molecule has 2 atom stereocenters. The third kappa shape index (κ3) is 3.41. The third-order valence-electron chi connectivity index (χ3n) is 3.10. The Balaban J connectivity index is 1.93. The van der Waals surface area contributed by atoms with Gasteiger partial charge in [-0.2, -0.15) is 0 Å². The second-order valence-corrected chi connectivity index (χ2v) is 4.96. The van der Waals surface area contributed by atoms with Gasteiger partial charge < -0.3 is 10.5 Å². The highest BCUT2D eigenvalue weighted by molar-refractivity contribution is 6.30. The van der Waals surface area contributed by atoms with E-state index in [0.717, 1.165) is 25.9 Å². The van der Waals surface area contributed by atoms with Gasteiger partial charge in [0.05, 0.1) is 11.1 Å². The van der Waals surface area contributed by atoms with Crippen molar-refractivity contribution in [3.63, 3.8) is 0 Å². The smallest absolute Gasteiger partial charge is 0.145 e. The highest BCUT2D eigenvalue weighted by Crippen LogP contribution is 2.21. The van der Waals surface area contributed by atoms with E-state index in [0.29, 0.717) is 12.0 Å². The summed E-state index contributed by atoms with van der Waals surface area (Å²) in [6.45, 7) is 0.822. The molecule has 0 radical (unpaired) electrons. The quantitative estimate of drug-likeness (QED) is 0.900. The van der Waals surface area contributed by atoms with Crippen LogP contribution in [-0.4, -0.2) is 18.8 Å². The van der Waals surface area contributed by atoms with Crippen LogP contribution >= 0.6 is 11.6 Å². The van der Waals surface area contributed by atoms with E-state index in [-0.39, 0.29) is 23.0 Å². The summed E-state index contributed by atoms with van der Waals surface area (Å²) in [6, 6.07) is 4.95. The summed E-state index contributed by atoms with van der Waals surface area (Å²) in [7, 11) is 0. The first-order valence-electron chi connectivity index (χ1n) is 5.97. The van der Waals surface area contributed by atoms with E-state index in [9.17, 15) is 4.39 Å². The van der Waals surface area contributed by atoms with E-state index in [4.69, 9.17) is 22.1 Å². The number of benzene rings is 1. The molecular weight excluding hydrogens is 241 g/mol. The van der Waals surface area contributed by atoms with Gasteiger partial charge >= 0.3 is 0 Å². The predicted octanol–water partition coefficient (Wildman–Crippen LogP) is 2.92. The fourth-order valence-corrected chi connectivity index (χ4v) is 2.43. The zero-order valence-electron chi connectivity index (χ0n) is 9.66. The molecule has 0 bridgehead atoms. The molecule has 0 aromatic heterocycles. The van der Waals surface area contributed by atoms with Crippen molar-refractivity contribution in [2.24, 2.45) is 5.73 Å². The summed E-state index contributed by atoms with van der Waals surface area (Å²) in [5, 5.41) is 0.159. The van der Waals surface area contributed by atoms with Crippen LogP contribution < -0.4 is 5.73 Å². The summed E-state index contributed by atoms with van der Waals surface area (Å²) < 4.78 is 19.2. The minimum atomic E-state index is -0.350. The van der Waals surface area contributed by atoms with Crippen LogP contribution in [0.15, 0.2) is 18.2 Å². The maximum absolute atomic E-state index is 13.7. The summed E-state index contributed by atoms with van der Waals surface area (Å²) in [4.78, 5) is 0. The zero-order valence-corrected chi connectivity index (χ0v) is 10.4. The van der Waals surface area contributed by atoms with Crippen LogP contribution in [0.2, 0.25) is 5.02 Å². The first-order valence-corrected chi connectivity index (χ1v) is 6.34. The Morgan fingerprint density at radius 1 is 1.53 bits per heavy atom. The van der Waals surface area contributed by atoms with Gasteiger partial charge in [0.1, 0.15) is 5.82 Å². The van der Waals surface area contributed by atoms with Crippen LogP contribution in [0.3, 0.4) is 0 Å². The van der Waals surface area contributed by atoms with Crippen molar-refractivity contribution in [2.45, 2.75) is 37.8 Å². The molecule has 2 nitrogen and oxygen atoms in total. The molecule has 0 saturated carbocycles. The van der Waals surface area contributed by atoms with Gasteiger partial charge in [-0.25, -0.2) is 4.39 Å². The fourth-order valence-electron chi connectivity index (χ4n) is 2.24. The van der Waals surface area contributed by atoms with Crippen molar-refractivity contribution in [2.75, 3.05) is 6.61 Å². The first-order chi connectivity index (χ1) is 8.16. The van der Waals surface area contributed by atoms with Gasteiger partial charge in [-0.05, 0) is 37.3 Å². The standard InChI is InChI=1S/C13H17ClFNO/c14-12-5-1-3-9(13(12)15)7-10(16)8-11-4-2-6-17-11/h1,3,5,10-11H,2,4,6-8,16H2. The molecule has 1 saturated heterocycles. The third-order valence-corrected chi connectivity index (χ3v) is 3.40. The van der Waals surface area contributed by atoms with E-state index >= 15 is 0 Å². The SMILES string of the molecule is NC(Cc1cccc(Cl)c1F)CC1CCCO1. The minimum absolute atomic E-state index is 0.0777. The van der Waals surface area contributed by atoms with E-state index in [1.54, 1.807) is 18.2 Å². The van der Waals surface area contributed by atoms with Gasteiger partial charge in [-0.1, -0.05) is 23.7 Å². The lowest BCUT2D eigenvalue weighted by molar-refractivity contribution is 0.0982. The fraction of sp³-hybridized carbons (Fsp3) is 0.538. The van der Waals surface area contributed by atoms with Crippen LogP contribution in [-0.2, 0) is 11.2 Å². The average Bonchev–Trinajstić information content (AvgIpc) is 2.77. The van der Waals surface area contributed by atoms with Crippen LogP contribution in [0.4, 0.5) is 4.39 Å². The molecule has 1 aliphatic rings. The monoisotopic (exact) mass is 257 g/mol. The van der Waals surface area contributed by atoms with E-state index < -0.39 is 0 Å². The molecule has 1 heterocycles. The normalized spacial score (nSPS) is 21.7. The maximum atomic E-state index is 13.7. The second kappa shape index (κ2) is 5.80. The Labute approximate surface area is 106 Å². The highest BCUT2D eigenvalue weighted by Gasteiger charge is 2.19. The number of hydrogen-bond acceptors (Lipinski definition) is 2. The molecule has 17 heavy (non-hydrogen) atoms. The average molecular weight is 258 g/mol. The van der Waals surface area contributed by atoms with Gasteiger partial charge in [0.2, 0.25) is 0 Å². The Bertz CT molecular complexity index is 380. The van der Waals surface area contributed by atoms with Gasteiger partial charge in [-0.15, -0.1) is 0 Å². The van der Waals surface area contributed by atoms with Crippen molar-refractivity contribution in [1.82, 2.24) is 0 Å². The van der Waals surface area contributed by atoms with Crippen molar-refractivity contribution in [1.29, 1.82) is 0 Å². The lowest BCUT2D eigenvalue weighted by Gasteiger charge is -2.16. The molecule has 1 aromatic carbocycles. The Hall–Kier alpha value is -0.640. The largest absolute Gasteiger partial charge is 0.378 e. The topological polar surface area (TPSA) is 35.2 Å². The van der Waals surface area contributed by atoms with Gasteiger partial charge in [-0.3, -0.25) is 0 Å². The van der Waals surface area contributed by atoms with Gasteiger partial charge in [0.15, 0.2) is 0 Å². The second-order valence-electron chi connectivity index (χ2n) is 4.55. The molecule has 94 valence electrons. The summed E-state index contributed by atoms with van der Waals surface area (Å²) in [5.74, 6) is -0.350. The number of ether oxygens (including phenoxy) is 1. The van der Waals surface area contributed by atoms with Crippen molar-refractivity contribution in [3.05, 3.63) is 34.6 Å². The van der Waals surface area contributed by atoms with Crippen molar-refractivity contribution >= 4 is 11.6 Å². The van der Waals surface area contributed by atoms with E-state index in [1.807, 2.05) is 0 Å². The van der Waals surface area contributed by atoms with E-state index in [1.165, 1.54) is 0 Å². The lowest BCUT2D eigenvalue weighted by atomic mass is 10.00. The van der Waals surface area contributed by atoms with Crippen LogP contribution in [0.25, 0.3) is 0 Å². The number of rotatable bonds is 4. The number of nitrogens with two attached hydrogens (primary N) is 1. The maximum Gasteiger partial charge on any atom is 0.145 e. The Kier molecular flexibility index (Phi) is 4.37. The van der Waals surface area contributed by atoms with Crippen LogP contribution in [0.5, 0.6) is 0 Å². The number of halogens is 2. The molecule has 0 spiro atoms. The molecule has 2 unspecified atom stereocenters. The van der Waals surface area contributed by atoms with E-state index in [2.05, 4.69) is 0 Å². The van der Waals surface area contributed by atoms with Crippen molar-refractivity contribution < 1.29 is 9.13 Å². The summed E-state index contributed by atoms with van der Waals surface area (Å²) in [6.07, 6.45) is 3.69. The predicted molar refractivity (Wildman–Crippen MR) is 66.7 cm³/mol. The van der Waals surface area contributed by atoms with Crippen LogP contribution in [0.1, 0.15) is 24.8 Å². The molecule has 2 N–H and O–H groups in total. The first kappa shape index (κ1) is 12.8. The molecule has 1 fully saturated rings. The molecule has 0 aliphatic carbocycles. The molecule has 2 rings (SSSR count). The summed E-state index contributed by atoms with van der Waals surface area (Å²) in [5.41, 5.74) is 6.60.